The zero-order valence-corrected chi connectivity index (χ0v) is 15.6. The molecule has 1 aromatic carbocycles. The average molecular weight is 363 g/mol. The molecular weight excluding hydrogens is 338 g/mol. The molecule has 136 valence electrons. The molecule has 0 bridgehead atoms. The molecule has 6 nitrogen and oxygen atoms in total. The second-order valence-electron chi connectivity index (χ2n) is 6.75. The van der Waals surface area contributed by atoms with Crippen LogP contribution in [0.15, 0.2) is 36.5 Å². The minimum atomic E-state index is -0.640. The lowest BCUT2D eigenvalue weighted by Crippen LogP contribution is -2.42. The first-order valence-corrected chi connectivity index (χ1v) is 8.99. The van der Waals surface area contributed by atoms with Gasteiger partial charge in [0.1, 0.15) is 17.6 Å². The summed E-state index contributed by atoms with van der Waals surface area (Å²) in [5, 5.41) is 16.3. The summed E-state index contributed by atoms with van der Waals surface area (Å²) in [4.78, 5) is 16.7. The number of β-amino-alcohol motifs (C(OH)–C–C–N with tert-alkyl or cyclic N) is 1. The first kappa shape index (κ1) is 19.4. The topological polar surface area (TPSA) is 83.5 Å². The second-order valence-corrected chi connectivity index (χ2v) is 7.75. The Labute approximate surface area is 152 Å². The number of hydrogen-bond donors (Lipinski definition) is 3. The highest BCUT2D eigenvalue weighted by atomic mass is 32.1. The molecule has 0 spiro atoms. The van der Waals surface area contributed by atoms with E-state index in [0.29, 0.717) is 23.2 Å². The van der Waals surface area contributed by atoms with Crippen molar-refractivity contribution in [2.45, 2.75) is 39.0 Å². The van der Waals surface area contributed by atoms with Crippen LogP contribution in [0.1, 0.15) is 36.0 Å². The van der Waals surface area contributed by atoms with Gasteiger partial charge in [0.15, 0.2) is 0 Å². The summed E-state index contributed by atoms with van der Waals surface area (Å²) in [6.07, 6.45) is 0.846. The van der Waals surface area contributed by atoms with E-state index in [1.807, 2.05) is 51.1 Å². The monoisotopic (exact) mass is 363 g/mol. The molecule has 7 heteroatoms. The summed E-state index contributed by atoms with van der Waals surface area (Å²) in [6.45, 7) is 7.11. The van der Waals surface area contributed by atoms with Gasteiger partial charge in [0.25, 0.3) is 11.1 Å². The Hall–Kier alpha value is -1.96. The molecule has 0 saturated carbocycles. The fraction of sp³-hybridized carbons (Fsp3) is 0.444. The number of carbonyl (C=O) groups is 1. The van der Waals surface area contributed by atoms with Gasteiger partial charge in [0.2, 0.25) is 0 Å². The van der Waals surface area contributed by atoms with E-state index in [1.54, 1.807) is 0 Å². The lowest BCUT2D eigenvalue weighted by atomic mass is 10.1. The summed E-state index contributed by atoms with van der Waals surface area (Å²) in [5.74, 6) is -0.189. The third-order valence-electron chi connectivity index (χ3n) is 3.27. The third-order valence-corrected chi connectivity index (χ3v) is 4.18. The minimum absolute atomic E-state index is 0.0633. The number of aliphatic hydroxyl groups excluding tert-OH is 1. The molecule has 2 aromatic rings. The number of benzene rings is 1. The Morgan fingerprint density at radius 3 is 2.72 bits per heavy atom. The van der Waals surface area contributed by atoms with Gasteiger partial charge in [0.05, 0.1) is 6.20 Å². The van der Waals surface area contributed by atoms with E-state index in [0.717, 1.165) is 16.9 Å². The normalized spacial score (nSPS) is 12.6. The molecule has 3 N–H and O–H groups in total. The predicted octanol–water partition coefficient (Wildman–Crippen LogP) is 2.20. The predicted molar refractivity (Wildman–Crippen MR) is 99.0 cm³/mol. The third kappa shape index (κ3) is 7.21. The Kier molecular flexibility index (Phi) is 6.92. The van der Waals surface area contributed by atoms with Gasteiger partial charge < -0.3 is 20.5 Å². The van der Waals surface area contributed by atoms with Crippen LogP contribution in [0.25, 0.3) is 0 Å². The maximum absolute atomic E-state index is 12.1. The van der Waals surface area contributed by atoms with Crippen molar-refractivity contribution in [3.8, 4) is 5.19 Å². The van der Waals surface area contributed by atoms with Crippen molar-refractivity contribution in [2.24, 2.45) is 0 Å². The van der Waals surface area contributed by atoms with Crippen LogP contribution < -0.4 is 15.4 Å². The van der Waals surface area contributed by atoms with E-state index >= 15 is 0 Å². The Balaban J connectivity index is 1.76. The molecule has 0 saturated heterocycles. The van der Waals surface area contributed by atoms with Crippen LogP contribution in [0.4, 0.5) is 0 Å². The van der Waals surface area contributed by atoms with Crippen molar-refractivity contribution in [3.63, 3.8) is 0 Å². The first-order chi connectivity index (χ1) is 11.8. The maximum atomic E-state index is 12.1. The lowest BCUT2D eigenvalue weighted by Gasteiger charge is -2.22. The van der Waals surface area contributed by atoms with E-state index in [2.05, 4.69) is 15.6 Å². The molecule has 1 aromatic heterocycles. The number of ether oxygens (including phenoxy) is 1. The standard InChI is InChI=1S/C18H25N3O3S/c1-18(2,3)21-10-14(22)12-24-17-20-11-15(25-17)16(23)19-9-13-7-5-4-6-8-13/h4-8,11,14,21-22H,9-10,12H2,1-3H3,(H,19,23). The number of aliphatic hydroxyl groups is 1. The van der Waals surface area contributed by atoms with E-state index in [4.69, 9.17) is 4.74 Å². The average Bonchev–Trinajstić information content (AvgIpc) is 3.05. The Morgan fingerprint density at radius 1 is 1.32 bits per heavy atom. The van der Waals surface area contributed by atoms with Crippen molar-refractivity contribution >= 4 is 17.2 Å². The van der Waals surface area contributed by atoms with E-state index < -0.39 is 6.10 Å². The molecule has 25 heavy (non-hydrogen) atoms. The summed E-state index contributed by atoms with van der Waals surface area (Å²) in [7, 11) is 0. The molecular formula is C18H25N3O3S. The van der Waals surface area contributed by atoms with Crippen LogP contribution in [0, 0.1) is 0 Å². The van der Waals surface area contributed by atoms with Gasteiger partial charge in [-0.05, 0) is 26.3 Å². The SMILES string of the molecule is CC(C)(C)NCC(O)COc1ncc(C(=O)NCc2ccccc2)s1. The number of carbonyl (C=O) groups excluding carboxylic acids is 1. The van der Waals surface area contributed by atoms with Gasteiger partial charge in [-0.3, -0.25) is 4.79 Å². The molecule has 0 aliphatic rings. The highest BCUT2D eigenvalue weighted by molar-refractivity contribution is 7.15. The highest BCUT2D eigenvalue weighted by Gasteiger charge is 2.15. The van der Waals surface area contributed by atoms with Crippen LogP contribution in [0.5, 0.6) is 5.19 Å². The summed E-state index contributed by atoms with van der Waals surface area (Å²) in [6, 6.07) is 9.70. The minimum Gasteiger partial charge on any atom is -0.467 e. The fourth-order valence-electron chi connectivity index (χ4n) is 1.95. The first-order valence-electron chi connectivity index (χ1n) is 8.17. The van der Waals surface area contributed by atoms with Crippen molar-refractivity contribution in [2.75, 3.05) is 13.2 Å². The number of nitrogens with one attached hydrogen (secondary N) is 2. The Bertz CT molecular complexity index is 668. The van der Waals surface area contributed by atoms with Gasteiger partial charge >= 0.3 is 0 Å². The lowest BCUT2D eigenvalue weighted by molar-refractivity contribution is 0.0954. The molecule has 0 fully saturated rings. The number of rotatable bonds is 8. The molecule has 1 heterocycles. The molecule has 1 unspecified atom stereocenters. The maximum Gasteiger partial charge on any atom is 0.273 e. The van der Waals surface area contributed by atoms with Gasteiger partial charge in [-0.15, -0.1) is 0 Å². The number of nitrogens with zero attached hydrogens (tertiary/aromatic N) is 1. The van der Waals surface area contributed by atoms with E-state index in [1.165, 1.54) is 6.20 Å². The molecule has 1 amide bonds. The summed E-state index contributed by atoms with van der Waals surface area (Å²) >= 11 is 1.16. The molecule has 2 rings (SSSR count). The largest absolute Gasteiger partial charge is 0.467 e. The number of aromatic nitrogens is 1. The van der Waals surface area contributed by atoms with Gasteiger partial charge in [0, 0.05) is 18.6 Å². The summed E-state index contributed by atoms with van der Waals surface area (Å²) < 4.78 is 5.46. The van der Waals surface area contributed by atoms with Crippen molar-refractivity contribution in [3.05, 3.63) is 47.0 Å². The number of hydrogen-bond acceptors (Lipinski definition) is 6. The fourth-order valence-corrected chi connectivity index (χ4v) is 2.64. The van der Waals surface area contributed by atoms with Crippen molar-refractivity contribution in [1.82, 2.24) is 15.6 Å². The zero-order chi connectivity index (χ0) is 18.3. The van der Waals surface area contributed by atoms with Gasteiger partial charge in [-0.25, -0.2) is 4.98 Å². The molecule has 0 aliphatic carbocycles. The highest BCUT2D eigenvalue weighted by Crippen LogP contribution is 2.20. The summed E-state index contributed by atoms with van der Waals surface area (Å²) in [5.41, 5.74) is 0.970. The smallest absolute Gasteiger partial charge is 0.273 e. The Morgan fingerprint density at radius 2 is 2.04 bits per heavy atom. The molecule has 0 radical (unpaired) electrons. The number of thiazole rings is 1. The van der Waals surface area contributed by atoms with Crippen LogP contribution in [0.3, 0.4) is 0 Å². The van der Waals surface area contributed by atoms with Gasteiger partial charge in [-0.1, -0.05) is 41.7 Å². The zero-order valence-electron chi connectivity index (χ0n) is 14.8. The van der Waals surface area contributed by atoms with Crippen LogP contribution in [0.2, 0.25) is 0 Å². The molecule has 0 aliphatic heterocycles. The number of amides is 1. The van der Waals surface area contributed by atoms with Crippen LogP contribution >= 0.6 is 11.3 Å². The van der Waals surface area contributed by atoms with Gasteiger partial charge in [-0.2, -0.15) is 0 Å². The van der Waals surface area contributed by atoms with Crippen molar-refractivity contribution < 1.29 is 14.6 Å². The van der Waals surface area contributed by atoms with E-state index in [-0.39, 0.29) is 18.1 Å². The van der Waals surface area contributed by atoms with E-state index in [9.17, 15) is 9.90 Å². The quantitative estimate of drug-likeness (QED) is 0.670. The van der Waals surface area contributed by atoms with Crippen LogP contribution in [-0.4, -0.2) is 40.8 Å². The second kappa shape index (κ2) is 8.94. The molecule has 1 atom stereocenters. The van der Waals surface area contributed by atoms with Crippen LogP contribution in [-0.2, 0) is 6.54 Å². The van der Waals surface area contributed by atoms with Crippen molar-refractivity contribution in [1.29, 1.82) is 0 Å².